The van der Waals surface area contributed by atoms with E-state index in [-0.39, 0.29) is 19.4 Å². The molecule has 1 aromatic rings. The molecule has 0 aromatic heterocycles. The smallest absolute Gasteiger partial charge is 0.203 e. The summed E-state index contributed by atoms with van der Waals surface area (Å²) in [4.78, 5) is 14.1. The van der Waals surface area contributed by atoms with Gasteiger partial charge in [-0.25, -0.2) is 0 Å². The number of unbranched alkanes of at least 4 members (excludes halogenated alkanes) is 45. The van der Waals surface area contributed by atoms with Gasteiger partial charge in [-0.1, -0.05) is 310 Å². The van der Waals surface area contributed by atoms with E-state index < -0.39 is 7.37 Å². The lowest BCUT2D eigenvalue weighted by Gasteiger charge is -2.19. The van der Waals surface area contributed by atoms with Crippen molar-refractivity contribution in [2.45, 2.75) is 336 Å². The van der Waals surface area contributed by atoms with Gasteiger partial charge in [-0.15, -0.1) is 0 Å². The quantitative estimate of drug-likeness (QED) is 0.0206. The monoisotopic (exact) mass is 1410 g/mol. The van der Waals surface area contributed by atoms with Crippen LogP contribution in [0.25, 0.3) is 0 Å². The molecule has 0 amide bonds. The molecule has 0 aliphatic carbocycles. The predicted molar refractivity (Wildman–Crippen MR) is 413 cm³/mol. The zero-order valence-electron chi connectivity index (χ0n) is 64.3. The van der Waals surface area contributed by atoms with Gasteiger partial charge in [0.05, 0.1) is 132 Å². The van der Waals surface area contributed by atoms with Crippen molar-refractivity contribution in [1.82, 2.24) is 0 Å². The number of ether oxygens (including phenoxy) is 11. The summed E-state index contributed by atoms with van der Waals surface area (Å²) >= 11 is 0. The third-order valence-corrected chi connectivity index (χ3v) is 19.0. The molecular formula is C81H156N3O13P. The fraction of sp³-hybridized carbons (Fsp3) is 0.901. The molecule has 17 heteroatoms. The fourth-order valence-corrected chi connectivity index (χ4v) is 12.4. The van der Waals surface area contributed by atoms with Gasteiger partial charge in [0.1, 0.15) is 5.71 Å². The number of benzene rings is 1. The third-order valence-electron chi connectivity index (χ3n) is 18.0. The maximum atomic E-state index is 11.3. The molecule has 0 radical (unpaired) electrons. The highest BCUT2D eigenvalue weighted by atomic mass is 31.2. The van der Waals surface area contributed by atoms with Crippen molar-refractivity contribution in [2.24, 2.45) is 15.9 Å². The molecule has 16 nitrogen and oxygen atoms in total. The zero-order chi connectivity index (χ0) is 70.5. The summed E-state index contributed by atoms with van der Waals surface area (Å²) in [6.07, 6.45) is 66.1. The zero-order valence-corrected chi connectivity index (χ0v) is 65.2. The summed E-state index contributed by atoms with van der Waals surface area (Å²) in [5.41, 5.74) is 1.53. The van der Waals surface area contributed by atoms with Crippen LogP contribution in [-0.4, -0.2) is 155 Å². The van der Waals surface area contributed by atoms with Crippen molar-refractivity contribution in [3.8, 4) is 17.2 Å². The Morgan fingerprint density at radius 2 is 0.582 bits per heavy atom. The lowest BCUT2D eigenvalue weighted by atomic mass is 10.0. The highest BCUT2D eigenvalue weighted by Crippen LogP contribution is 2.40. The first-order valence-electron chi connectivity index (χ1n) is 41.1. The summed E-state index contributed by atoms with van der Waals surface area (Å²) < 4.78 is 76.0. The Labute approximate surface area is 602 Å². The second-order valence-electron chi connectivity index (χ2n) is 27.6. The van der Waals surface area contributed by atoms with Crippen molar-refractivity contribution >= 4 is 19.3 Å². The average molecular weight is 1410 g/mol. The highest BCUT2D eigenvalue weighted by molar-refractivity contribution is 7.57. The van der Waals surface area contributed by atoms with Crippen LogP contribution in [0.5, 0.6) is 17.2 Å². The SMILES string of the molecule is CCCCCCCCCCCCCCCCCCOc1cc(CN=CC(COCCOCCOCCOCCOCCOCCOCCOCCP(C)(=O)O)=NN)cc(OCCCCCCCCCCCCCCCCCC)c1OCCCCCCCCCCCCCCCCCC. The molecule has 0 bridgehead atoms. The second-order valence-corrected chi connectivity index (χ2v) is 30.1. The summed E-state index contributed by atoms with van der Waals surface area (Å²) in [6, 6.07) is 4.21. The molecule has 1 rings (SSSR count). The average Bonchev–Trinajstić information content (AvgIpc) is 0.845. The fourth-order valence-electron chi connectivity index (χ4n) is 11.9. The van der Waals surface area contributed by atoms with Crippen molar-refractivity contribution in [2.75, 3.05) is 138 Å². The molecule has 1 atom stereocenters. The standard InChI is InChI=1S/C81H156N3O13P/c1-5-8-11-14-17-20-23-26-29-32-35-38-41-44-47-50-53-95-79-72-77(74-83-75-78(84-82)76-94-69-68-92-65-64-90-61-60-88-57-56-87-58-59-89-62-63-91-66-67-93-70-71-98(4,85)86)73-80(96-54-51-48-45-42-39-36-33-30-27-24-21-18-15-12-9-6-2)81(79)97-55-52-49-46-43-40-37-34-31-28-25-22-19-16-13-10-7-3/h72-73,75H,5-71,74,76,82H2,1-4H3,(H,85,86). The molecule has 0 saturated heterocycles. The Morgan fingerprint density at radius 1 is 0.347 bits per heavy atom. The predicted octanol–water partition coefficient (Wildman–Crippen LogP) is 21.5. The molecular weight excluding hydrogens is 1250 g/mol. The van der Waals surface area contributed by atoms with Crippen LogP contribution in [0.1, 0.15) is 335 Å². The van der Waals surface area contributed by atoms with Gasteiger partial charge in [0, 0.05) is 19.0 Å². The second kappa shape index (κ2) is 77.2. The summed E-state index contributed by atoms with van der Waals surface area (Å²) in [5.74, 6) is 8.08. The van der Waals surface area contributed by atoms with Crippen LogP contribution in [0.15, 0.2) is 22.2 Å². The first-order valence-corrected chi connectivity index (χ1v) is 43.4. The topological polar surface area (TPSA) is 190 Å². The Bertz CT molecular complexity index is 1820. The van der Waals surface area contributed by atoms with Gasteiger partial charge in [0.25, 0.3) is 0 Å². The first-order chi connectivity index (χ1) is 48.3. The Morgan fingerprint density at radius 3 is 0.837 bits per heavy atom. The Balaban J connectivity index is 2.72. The van der Waals surface area contributed by atoms with E-state index in [0.29, 0.717) is 125 Å². The van der Waals surface area contributed by atoms with Crippen LogP contribution in [0.4, 0.5) is 0 Å². The van der Waals surface area contributed by atoms with Gasteiger partial charge < -0.3 is 62.8 Å². The van der Waals surface area contributed by atoms with E-state index in [1.165, 1.54) is 283 Å². The van der Waals surface area contributed by atoms with E-state index in [1.807, 2.05) is 0 Å². The number of rotatable bonds is 83. The molecule has 0 fully saturated rings. The number of nitrogens with two attached hydrogens (primary N) is 1. The molecule has 3 N–H and O–H groups in total. The Hall–Kier alpha value is -2.37. The molecule has 0 saturated carbocycles. The number of aliphatic imine (C=N–C) groups is 1. The lowest BCUT2D eigenvalue weighted by molar-refractivity contribution is -0.0221. The van der Waals surface area contributed by atoms with E-state index in [4.69, 9.17) is 62.9 Å². The minimum absolute atomic E-state index is 0.152. The van der Waals surface area contributed by atoms with Crippen molar-refractivity contribution in [3.05, 3.63) is 17.7 Å². The van der Waals surface area contributed by atoms with Gasteiger partial charge >= 0.3 is 0 Å². The largest absolute Gasteiger partial charge is 0.490 e. The molecule has 578 valence electrons. The third kappa shape index (κ3) is 69.4. The van der Waals surface area contributed by atoms with Gasteiger partial charge in [-0.2, -0.15) is 5.10 Å². The lowest BCUT2D eigenvalue weighted by Crippen LogP contribution is -2.17. The van der Waals surface area contributed by atoms with Crippen LogP contribution in [-0.2, 0) is 49.0 Å². The maximum absolute atomic E-state index is 11.3. The maximum Gasteiger partial charge on any atom is 0.203 e. The van der Waals surface area contributed by atoms with Gasteiger partial charge in [0.15, 0.2) is 18.9 Å². The number of nitrogens with zero attached hydrogens (tertiary/aromatic N) is 2. The minimum Gasteiger partial charge on any atom is -0.490 e. The molecule has 1 unspecified atom stereocenters. The Kier molecular flexibility index (Phi) is 73.8. The summed E-state index contributed by atoms with van der Waals surface area (Å²) in [6.45, 7) is 17.2. The first kappa shape index (κ1) is 93.6. The van der Waals surface area contributed by atoms with E-state index in [1.54, 1.807) is 6.21 Å². The molecule has 0 aliphatic heterocycles. The van der Waals surface area contributed by atoms with Crippen LogP contribution in [0, 0.1) is 0 Å². The van der Waals surface area contributed by atoms with Crippen LogP contribution < -0.4 is 20.1 Å². The number of hydrazone groups is 1. The van der Waals surface area contributed by atoms with E-state index >= 15 is 0 Å². The van der Waals surface area contributed by atoms with E-state index in [0.717, 1.165) is 54.9 Å². The van der Waals surface area contributed by atoms with Gasteiger partial charge in [0.2, 0.25) is 5.75 Å². The number of hydrogen-bond donors (Lipinski definition) is 2. The molecule has 1 aromatic carbocycles. The van der Waals surface area contributed by atoms with Crippen LogP contribution >= 0.6 is 7.37 Å². The normalized spacial score (nSPS) is 12.6. The number of hydrogen-bond acceptors (Lipinski definition) is 15. The van der Waals surface area contributed by atoms with Crippen LogP contribution in [0.3, 0.4) is 0 Å². The van der Waals surface area contributed by atoms with Crippen LogP contribution in [0.2, 0.25) is 0 Å². The van der Waals surface area contributed by atoms with Gasteiger partial charge in [-0.05, 0) is 37.0 Å². The van der Waals surface area contributed by atoms with Gasteiger partial charge in [-0.3, -0.25) is 9.56 Å². The highest BCUT2D eigenvalue weighted by Gasteiger charge is 2.17. The van der Waals surface area contributed by atoms with Crippen molar-refractivity contribution in [3.63, 3.8) is 0 Å². The molecule has 0 aliphatic rings. The molecule has 98 heavy (non-hydrogen) atoms. The molecule has 0 spiro atoms. The van der Waals surface area contributed by atoms with Crippen molar-refractivity contribution < 1.29 is 61.6 Å². The molecule has 0 heterocycles. The van der Waals surface area contributed by atoms with Crippen molar-refractivity contribution in [1.29, 1.82) is 0 Å². The van der Waals surface area contributed by atoms with E-state index in [2.05, 4.69) is 38.0 Å². The summed E-state index contributed by atoms with van der Waals surface area (Å²) in [7, 11) is -3.03. The minimum atomic E-state index is -3.03. The van der Waals surface area contributed by atoms with E-state index in [9.17, 15) is 9.46 Å². The summed E-state index contributed by atoms with van der Waals surface area (Å²) in [5, 5.41) is 3.98.